The van der Waals surface area contributed by atoms with Crippen molar-refractivity contribution in [1.82, 2.24) is 0 Å². The van der Waals surface area contributed by atoms with Gasteiger partial charge >= 0.3 is 0 Å². The molecule has 0 nitrogen and oxygen atoms in total. The van der Waals surface area contributed by atoms with Crippen LogP contribution in [0.25, 0.3) is 0 Å². The van der Waals surface area contributed by atoms with Crippen LogP contribution in [0.15, 0.2) is 0 Å². The van der Waals surface area contributed by atoms with E-state index in [1.54, 1.807) is 0 Å². The molecule has 0 aromatic rings. The summed E-state index contributed by atoms with van der Waals surface area (Å²) < 4.78 is 0. The SMILES string of the molecule is CCC(C)(C)CC(C)C1CCC(CC(C)C2CCCC2)C1. The Labute approximate surface area is 134 Å². The Hall–Kier alpha value is 0. The monoisotopic (exact) mass is 292 g/mol. The number of hydrogen-bond donors (Lipinski definition) is 0. The predicted octanol–water partition coefficient (Wildman–Crippen LogP) is 7.08. The molecule has 21 heavy (non-hydrogen) atoms. The molecule has 0 bridgehead atoms. The van der Waals surface area contributed by atoms with Crippen molar-refractivity contribution in [3.63, 3.8) is 0 Å². The van der Waals surface area contributed by atoms with Gasteiger partial charge in [0.2, 0.25) is 0 Å². The number of hydrogen-bond acceptors (Lipinski definition) is 0. The second-order valence-electron chi connectivity index (χ2n) is 9.40. The summed E-state index contributed by atoms with van der Waals surface area (Å²) in [6, 6.07) is 0. The van der Waals surface area contributed by atoms with Crippen LogP contribution in [-0.4, -0.2) is 0 Å². The molecule has 4 unspecified atom stereocenters. The molecule has 124 valence electrons. The fraction of sp³-hybridized carbons (Fsp3) is 1.00. The fourth-order valence-electron chi connectivity index (χ4n) is 5.27. The van der Waals surface area contributed by atoms with Crippen LogP contribution in [0.5, 0.6) is 0 Å². The Morgan fingerprint density at radius 3 is 2.19 bits per heavy atom. The molecule has 0 saturated heterocycles. The van der Waals surface area contributed by atoms with E-state index < -0.39 is 0 Å². The normalized spacial score (nSPS) is 30.7. The first-order valence-electron chi connectivity index (χ1n) is 9.91. The van der Waals surface area contributed by atoms with Gasteiger partial charge in [-0.05, 0) is 60.7 Å². The minimum absolute atomic E-state index is 0.550. The molecule has 0 aliphatic heterocycles. The molecule has 2 aliphatic rings. The summed E-state index contributed by atoms with van der Waals surface area (Å²) >= 11 is 0. The van der Waals surface area contributed by atoms with Crippen LogP contribution < -0.4 is 0 Å². The van der Waals surface area contributed by atoms with Crippen molar-refractivity contribution < 1.29 is 0 Å². The number of rotatable bonds is 7. The van der Waals surface area contributed by atoms with E-state index in [1.807, 2.05) is 0 Å². The quantitative estimate of drug-likeness (QED) is 0.470. The molecule has 2 aliphatic carbocycles. The van der Waals surface area contributed by atoms with E-state index in [4.69, 9.17) is 0 Å². The third-order valence-electron chi connectivity index (χ3n) is 7.13. The third kappa shape index (κ3) is 5.00. The van der Waals surface area contributed by atoms with E-state index in [2.05, 4.69) is 34.6 Å². The maximum atomic E-state index is 2.55. The Bertz CT molecular complexity index is 297. The van der Waals surface area contributed by atoms with Gasteiger partial charge in [0.05, 0.1) is 0 Å². The van der Waals surface area contributed by atoms with Crippen LogP contribution in [0.2, 0.25) is 0 Å². The molecule has 2 rings (SSSR count). The molecule has 0 radical (unpaired) electrons. The van der Waals surface area contributed by atoms with Crippen molar-refractivity contribution in [2.75, 3.05) is 0 Å². The maximum Gasteiger partial charge on any atom is -0.0354 e. The zero-order valence-corrected chi connectivity index (χ0v) is 15.5. The van der Waals surface area contributed by atoms with Gasteiger partial charge in [0.1, 0.15) is 0 Å². The highest BCUT2D eigenvalue weighted by Gasteiger charge is 2.33. The molecule has 2 saturated carbocycles. The van der Waals surface area contributed by atoms with Gasteiger partial charge in [-0.1, -0.05) is 73.1 Å². The third-order valence-corrected chi connectivity index (χ3v) is 7.13. The van der Waals surface area contributed by atoms with E-state index in [-0.39, 0.29) is 0 Å². The van der Waals surface area contributed by atoms with Gasteiger partial charge in [-0.3, -0.25) is 0 Å². The maximum absolute atomic E-state index is 2.55. The van der Waals surface area contributed by atoms with Crippen molar-refractivity contribution in [1.29, 1.82) is 0 Å². The molecule has 0 heterocycles. The van der Waals surface area contributed by atoms with Crippen LogP contribution >= 0.6 is 0 Å². The van der Waals surface area contributed by atoms with Gasteiger partial charge < -0.3 is 0 Å². The molecule has 0 heteroatoms. The highest BCUT2D eigenvalue weighted by molar-refractivity contribution is 4.84. The summed E-state index contributed by atoms with van der Waals surface area (Å²) in [6.07, 6.45) is 14.9. The van der Waals surface area contributed by atoms with Crippen LogP contribution in [0.3, 0.4) is 0 Å². The summed E-state index contributed by atoms with van der Waals surface area (Å²) in [6.45, 7) is 12.3. The predicted molar refractivity (Wildman–Crippen MR) is 94.4 cm³/mol. The highest BCUT2D eigenvalue weighted by Crippen LogP contribution is 2.44. The second kappa shape index (κ2) is 7.51. The Morgan fingerprint density at radius 1 is 0.905 bits per heavy atom. The van der Waals surface area contributed by atoms with E-state index >= 15 is 0 Å². The highest BCUT2D eigenvalue weighted by atomic mass is 14.4. The molecule has 2 fully saturated rings. The molecule has 0 amide bonds. The average Bonchev–Trinajstić information content (AvgIpc) is 3.09. The fourth-order valence-corrected chi connectivity index (χ4v) is 5.27. The Morgan fingerprint density at radius 2 is 1.57 bits per heavy atom. The summed E-state index contributed by atoms with van der Waals surface area (Å²) in [5.74, 6) is 5.08. The molecule has 0 aromatic carbocycles. The molecule has 0 spiro atoms. The second-order valence-corrected chi connectivity index (χ2v) is 9.40. The zero-order valence-electron chi connectivity index (χ0n) is 15.5. The lowest BCUT2D eigenvalue weighted by Gasteiger charge is -2.30. The molecule has 0 aromatic heterocycles. The minimum atomic E-state index is 0.550. The smallest absolute Gasteiger partial charge is 0.0354 e. The van der Waals surface area contributed by atoms with Gasteiger partial charge in [-0.15, -0.1) is 0 Å². The topological polar surface area (TPSA) is 0 Å². The minimum Gasteiger partial charge on any atom is -0.0649 e. The van der Waals surface area contributed by atoms with Gasteiger partial charge in [0.25, 0.3) is 0 Å². The van der Waals surface area contributed by atoms with Gasteiger partial charge in [-0.2, -0.15) is 0 Å². The Kier molecular flexibility index (Phi) is 6.21. The lowest BCUT2D eigenvalue weighted by Crippen LogP contribution is -2.19. The van der Waals surface area contributed by atoms with Crippen LogP contribution in [-0.2, 0) is 0 Å². The average molecular weight is 293 g/mol. The van der Waals surface area contributed by atoms with Gasteiger partial charge in [0.15, 0.2) is 0 Å². The zero-order chi connectivity index (χ0) is 15.5. The summed E-state index contributed by atoms with van der Waals surface area (Å²) in [4.78, 5) is 0. The summed E-state index contributed by atoms with van der Waals surface area (Å²) in [7, 11) is 0. The van der Waals surface area contributed by atoms with Crippen molar-refractivity contribution in [3.8, 4) is 0 Å². The van der Waals surface area contributed by atoms with Gasteiger partial charge in [0, 0.05) is 0 Å². The molecule has 0 N–H and O–H groups in total. The van der Waals surface area contributed by atoms with E-state index in [9.17, 15) is 0 Å². The lowest BCUT2D eigenvalue weighted by atomic mass is 9.76. The Balaban J connectivity index is 1.75. The van der Waals surface area contributed by atoms with Crippen molar-refractivity contribution in [2.45, 2.75) is 98.8 Å². The van der Waals surface area contributed by atoms with E-state index in [1.165, 1.54) is 64.2 Å². The molecular weight excluding hydrogens is 252 g/mol. The summed E-state index contributed by atoms with van der Waals surface area (Å²) in [5, 5.41) is 0. The molecular formula is C21H40. The standard InChI is InChI=1S/C21H40/c1-6-21(4,5)15-17(3)20-12-11-18(14-20)13-16(2)19-9-7-8-10-19/h16-20H,6-15H2,1-5H3. The van der Waals surface area contributed by atoms with Crippen LogP contribution in [0, 0.1) is 35.0 Å². The van der Waals surface area contributed by atoms with Crippen molar-refractivity contribution in [2.24, 2.45) is 35.0 Å². The lowest BCUT2D eigenvalue weighted by molar-refractivity contribution is 0.208. The van der Waals surface area contributed by atoms with Crippen LogP contribution in [0.1, 0.15) is 98.8 Å². The van der Waals surface area contributed by atoms with Crippen LogP contribution in [0.4, 0.5) is 0 Å². The van der Waals surface area contributed by atoms with Crippen molar-refractivity contribution in [3.05, 3.63) is 0 Å². The first kappa shape index (κ1) is 17.4. The first-order chi connectivity index (χ1) is 9.91. The largest absolute Gasteiger partial charge is 0.0649 e. The first-order valence-corrected chi connectivity index (χ1v) is 9.91. The van der Waals surface area contributed by atoms with Gasteiger partial charge in [-0.25, -0.2) is 0 Å². The molecule has 4 atom stereocenters. The summed E-state index contributed by atoms with van der Waals surface area (Å²) in [5.41, 5.74) is 0.550. The van der Waals surface area contributed by atoms with E-state index in [0.717, 1.165) is 29.6 Å². The van der Waals surface area contributed by atoms with Crippen molar-refractivity contribution >= 4 is 0 Å². The van der Waals surface area contributed by atoms with E-state index in [0.29, 0.717) is 5.41 Å².